The van der Waals surface area contributed by atoms with Crippen molar-refractivity contribution in [3.05, 3.63) is 170 Å². The summed E-state index contributed by atoms with van der Waals surface area (Å²) in [5.41, 5.74) is 11.8. The minimum absolute atomic E-state index is 0.647. The van der Waals surface area contributed by atoms with Gasteiger partial charge in [-0.3, -0.25) is 0 Å². The number of aromatic nitrogens is 4. The molecule has 0 amide bonds. The van der Waals surface area contributed by atoms with E-state index in [1.807, 2.05) is 36.4 Å². The number of benzene rings is 7. The molecule has 0 aliphatic heterocycles. The SMILES string of the molecule is c1ccc(-c2nc(-c3ccccc3-n3c4ccccc4c4c3ccc3c5ccccc5n(-c5ccccc5)c34)nc3c2oc2ccccc23)cc1. The van der Waals surface area contributed by atoms with Crippen molar-refractivity contribution in [1.29, 1.82) is 0 Å². The van der Waals surface area contributed by atoms with Gasteiger partial charge in [0.05, 0.1) is 27.8 Å². The normalized spacial score (nSPS) is 11.9. The first-order valence-corrected chi connectivity index (χ1v) is 17.2. The molecule has 0 spiro atoms. The molecule has 0 aliphatic carbocycles. The Kier molecular flexibility index (Phi) is 5.89. The lowest BCUT2D eigenvalue weighted by atomic mass is 10.1. The fourth-order valence-electron chi connectivity index (χ4n) is 7.97. The molecule has 51 heavy (non-hydrogen) atoms. The van der Waals surface area contributed by atoms with Crippen LogP contribution in [0.25, 0.3) is 99.7 Å². The molecule has 0 atom stereocenters. The van der Waals surface area contributed by atoms with Gasteiger partial charge in [-0.05, 0) is 54.6 Å². The van der Waals surface area contributed by atoms with Gasteiger partial charge in [-0.2, -0.15) is 0 Å². The standard InChI is InChI=1S/C46H28N4O/c1-3-15-29(16-4-1)42-45-43(35-22-10-14-26-40(35)51-45)48-46(47-42)34-21-9-13-25-38(34)50-37-24-12-8-20-33(37)41-39(50)28-27-32-31-19-7-11-23-36(31)49(44(32)41)30-17-5-2-6-18-30/h1-28H. The number of rotatable bonds is 4. The quantitative estimate of drug-likeness (QED) is 0.190. The maximum Gasteiger partial charge on any atom is 0.180 e. The zero-order chi connectivity index (χ0) is 33.5. The summed E-state index contributed by atoms with van der Waals surface area (Å²) in [4.78, 5) is 10.5. The maximum atomic E-state index is 6.43. The highest BCUT2D eigenvalue weighted by molar-refractivity contribution is 6.26. The van der Waals surface area contributed by atoms with Crippen LogP contribution in [-0.2, 0) is 0 Å². The van der Waals surface area contributed by atoms with E-state index in [9.17, 15) is 0 Å². The summed E-state index contributed by atoms with van der Waals surface area (Å²) < 4.78 is 11.2. The number of nitrogens with zero attached hydrogens (tertiary/aromatic N) is 4. The lowest BCUT2D eigenvalue weighted by Gasteiger charge is -2.14. The van der Waals surface area contributed by atoms with Gasteiger partial charge in [0.15, 0.2) is 11.4 Å². The predicted octanol–water partition coefficient (Wildman–Crippen LogP) is 11.9. The van der Waals surface area contributed by atoms with E-state index in [1.54, 1.807) is 0 Å². The van der Waals surface area contributed by atoms with Crippen molar-refractivity contribution in [3.8, 4) is 34.0 Å². The predicted molar refractivity (Wildman–Crippen MR) is 209 cm³/mol. The molecular weight excluding hydrogens is 625 g/mol. The van der Waals surface area contributed by atoms with Gasteiger partial charge in [-0.25, -0.2) is 9.97 Å². The van der Waals surface area contributed by atoms with E-state index < -0.39 is 0 Å². The maximum absolute atomic E-state index is 6.43. The van der Waals surface area contributed by atoms with Crippen molar-refractivity contribution in [1.82, 2.24) is 19.1 Å². The molecule has 0 saturated heterocycles. The van der Waals surface area contributed by atoms with E-state index in [-0.39, 0.29) is 0 Å². The van der Waals surface area contributed by atoms with E-state index in [1.165, 1.54) is 32.6 Å². The molecule has 11 rings (SSSR count). The van der Waals surface area contributed by atoms with Gasteiger partial charge in [0.1, 0.15) is 16.8 Å². The summed E-state index contributed by atoms with van der Waals surface area (Å²) in [6.45, 7) is 0. The van der Waals surface area contributed by atoms with Gasteiger partial charge in [-0.1, -0.05) is 115 Å². The average molecular weight is 653 g/mol. The minimum atomic E-state index is 0.647. The summed E-state index contributed by atoms with van der Waals surface area (Å²) in [7, 11) is 0. The van der Waals surface area contributed by atoms with Gasteiger partial charge >= 0.3 is 0 Å². The lowest BCUT2D eigenvalue weighted by Crippen LogP contribution is -2.01. The van der Waals surface area contributed by atoms with Gasteiger partial charge in [-0.15, -0.1) is 0 Å². The molecule has 5 nitrogen and oxygen atoms in total. The van der Waals surface area contributed by atoms with Crippen LogP contribution in [0.5, 0.6) is 0 Å². The molecule has 5 heteroatoms. The topological polar surface area (TPSA) is 48.8 Å². The van der Waals surface area contributed by atoms with Gasteiger partial charge in [0.25, 0.3) is 0 Å². The minimum Gasteiger partial charge on any atom is -0.452 e. The average Bonchev–Trinajstić information content (AvgIpc) is 3.86. The summed E-state index contributed by atoms with van der Waals surface area (Å²) >= 11 is 0. The molecule has 0 N–H and O–H groups in total. The lowest BCUT2D eigenvalue weighted by molar-refractivity contribution is 0.667. The molecule has 0 saturated carbocycles. The summed E-state index contributed by atoms with van der Waals surface area (Å²) in [5, 5.41) is 5.83. The Morgan fingerprint density at radius 1 is 0.451 bits per heavy atom. The number of hydrogen-bond donors (Lipinski definition) is 0. The first kappa shape index (κ1) is 27.9. The number of furan rings is 1. The van der Waals surface area contributed by atoms with E-state index in [2.05, 4.69) is 143 Å². The monoisotopic (exact) mass is 652 g/mol. The van der Waals surface area contributed by atoms with Crippen LogP contribution >= 0.6 is 0 Å². The molecule has 0 radical (unpaired) electrons. The Labute approximate surface area is 292 Å². The zero-order valence-corrected chi connectivity index (χ0v) is 27.4. The van der Waals surface area contributed by atoms with Gasteiger partial charge in [0.2, 0.25) is 0 Å². The van der Waals surface area contributed by atoms with E-state index in [0.29, 0.717) is 11.4 Å². The van der Waals surface area contributed by atoms with Crippen LogP contribution in [0.4, 0.5) is 0 Å². The molecule has 4 aromatic heterocycles. The van der Waals surface area contributed by atoms with Crippen molar-refractivity contribution in [2.24, 2.45) is 0 Å². The molecule has 0 fully saturated rings. The summed E-state index contributed by atoms with van der Waals surface area (Å²) in [6.07, 6.45) is 0. The van der Waals surface area contributed by atoms with Crippen molar-refractivity contribution in [3.63, 3.8) is 0 Å². The van der Waals surface area contributed by atoms with Crippen molar-refractivity contribution in [2.75, 3.05) is 0 Å². The smallest absolute Gasteiger partial charge is 0.180 e. The third-order valence-electron chi connectivity index (χ3n) is 10.1. The Morgan fingerprint density at radius 2 is 1.10 bits per heavy atom. The van der Waals surface area contributed by atoms with Crippen LogP contribution < -0.4 is 0 Å². The van der Waals surface area contributed by atoms with Crippen LogP contribution in [0, 0.1) is 0 Å². The Morgan fingerprint density at radius 3 is 1.92 bits per heavy atom. The first-order valence-electron chi connectivity index (χ1n) is 17.2. The first-order chi connectivity index (χ1) is 25.3. The zero-order valence-electron chi connectivity index (χ0n) is 27.4. The molecular formula is C46H28N4O. The van der Waals surface area contributed by atoms with Crippen molar-refractivity contribution >= 4 is 65.7 Å². The van der Waals surface area contributed by atoms with Crippen LogP contribution in [-0.4, -0.2) is 19.1 Å². The number of hydrogen-bond acceptors (Lipinski definition) is 3. The van der Waals surface area contributed by atoms with Crippen LogP contribution in [0.2, 0.25) is 0 Å². The summed E-state index contributed by atoms with van der Waals surface area (Å²) in [5.74, 6) is 0.647. The number of para-hydroxylation sites is 5. The van der Waals surface area contributed by atoms with E-state index in [0.717, 1.165) is 55.7 Å². The van der Waals surface area contributed by atoms with E-state index >= 15 is 0 Å². The Bertz CT molecular complexity index is 3130. The second-order valence-corrected chi connectivity index (χ2v) is 13.0. The van der Waals surface area contributed by atoms with Crippen molar-refractivity contribution in [2.45, 2.75) is 0 Å². The largest absolute Gasteiger partial charge is 0.452 e. The van der Waals surface area contributed by atoms with Crippen LogP contribution in [0.3, 0.4) is 0 Å². The molecule has 0 aliphatic rings. The second-order valence-electron chi connectivity index (χ2n) is 13.0. The van der Waals surface area contributed by atoms with E-state index in [4.69, 9.17) is 14.4 Å². The van der Waals surface area contributed by atoms with Crippen molar-refractivity contribution < 1.29 is 4.42 Å². The number of fused-ring (bicyclic) bond motifs is 10. The third-order valence-corrected chi connectivity index (χ3v) is 10.1. The molecule has 0 unspecified atom stereocenters. The fourth-order valence-corrected chi connectivity index (χ4v) is 7.97. The highest BCUT2D eigenvalue weighted by Gasteiger charge is 2.24. The van der Waals surface area contributed by atoms with Crippen LogP contribution in [0.15, 0.2) is 174 Å². The molecule has 7 aromatic carbocycles. The second kappa shape index (κ2) is 10.8. The highest BCUT2D eigenvalue weighted by atomic mass is 16.3. The molecule has 238 valence electrons. The fraction of sp³-hybridized carbons (Fsp3) is 0. The molecule has 0 bridgehead atoms. The van der Waals surface area contributed by atoms with Gasteiger partial charge < -0.3 is 13.6 Å². The highest BCUT2D eigenvalue weighted by Crippen LogP contribution is 2.43. The third kappa shape index (κ3) is 4.03. The Hall–Kier alpha value is -6.98. The summed E-state index contributed by atoms with van der Waals surface area (Å²) in [6, 6.07) is 59.5. The molecule has 4 heterocycles. The Balaban J connectivity index is 1.25. The molecule has 11 aromatic rings. The van der Waals surface area contributed by atoms with Crippen LogP contribution in [0.1, 0.15) is 0 Å². The van der Waals surface area contributed by atoms with Gasteiger partial charge in [0, 0.05) is 43.7 Å².